The molecule has 1 rings (SSSR count). The van der Waals surface area contributed by atoms with Gasteiger partial charge in [0.25, 0.3) is 0 Å². The van der Waals surface area contributed by atoms with Crippen LogP contribution < -0.4 is 0 Å². The number of imidazole rings is 1. The van der Waals surface area contributed by atoms with Crippen LogP contribution in [0.3, 0.4) is 0 Å². The zero-order valence-electron chi connectivity index (χ0n) is 23.3. The van der Waals surface area contributed by atoms with Crippen molar-refractivity contribution in [3.05, 3.63) is 18.7 Å². The number of rotatable bonds is 23. The van der Waals surface area contributed by atoms with Crippen molar-refractivity contribution >= 4 is 17.6 Å². The van der Waals surface area contributed by atoms with Crippen LogP contribution in [0.1, 0.15) is 61.3 Å². The van der Waals surface area contributed by atoms with Crippen molar-refractivity contribution < 1.29 is 26.6 Å². The molecular formula is C24H51N3O6Si2. The van der Waals surface area contributed by atoms with Crippen molar-refractivity contribution in [3.63, 3.8) is 0 Å². The fraction of sp³-hybridized carbons (Fsp3) is 0.875. The third kappa shape index (κ3) is 11.5. The lowest BCUT2D eigenvalue weighted by molar-refractivity contribution is 0.0562. The van der Waals surface area contributed by atoms with E-state index in [2.05, 4.69) is 21.4 Å². The van der Waals surface area contributed by atoms with E-state index >= 15 is 0 Å². The molecule has 0 N–H and O–H groups in total. The summed E-state index contributed by atoms with van der Waals surface area (Å²) in [6.45, 7) is 21.5. The van der Waals surface area contributed by atoms with Gasteiger partial charge in [0.15, 0.2) is 0 Å². The van der Waals surface area contributed by atoms with E-state index in [0.717, 1.165) is 45.1 Å². The van der Waals surface area contributed by atoms with E-state index in [9.17, 15) is 0 Å². The molecule has 0 amide bonds. The fourth-order valence-electron chi connectivity index (χ4n) is 4.37. The average Bonchev–Trinajstić information content (AvgIpc) is 3.33. The van der Waals surface area contributed by atoms with Gasteiger partial charge in [-0.3, -0.25) is 0 Å². The normalized spacial score (nSPS) is 13.6. The Morgan fingerprint density at radius 1 is 0.771 bits per heavy atom. The van der Waals surface area contributed by atoms with Crippen molar-refractivity contribution in [2.75, 3.05) is 59.3 Å². The average molecular weight is 534 g/mol. The Labute approximate surface area is 216 Å². The quantitative estimate of drug-likeness (QED) is 0.191. The zero-order chi connectivity index (χ0) is 26.0. The van der Waals surface area contributed by atoms with Crippen molar-refractivity contribution in [2.45, 2.75) is 79.4 Å². The Hall–Kier alpha value is -0.636. The summed E-state index contributed by atoms with van der Waals surface area (Å²) < 4.78 is 38.9. The molecule has 1 atom stereocenters. The molecule has 1 unspecified atom stereocenters. The first-order valence-corrected chi connectivity index (χ1v) is 17.2. The fourth-order valence-corrected chi connectivity index (χ4v) is 9.75. The molecule has 35 heavy (non-hydrogen) atoms. The monoisotopic (exact) mass is 533 g/mol. The number of aromatic nitrogens is 2. The van der Waals surface area contributed by atoms with E-state index in [1.807, 2.05) is 60.3 Å². The minimum absolute atomic E-state index is 0.156. The number of nitrogens with zero attached hydrogens (tertiary/aromatic N) is 3. The molecule has 1 aromatic rings. The third-order valence-corrected chi connectivity index (χ3v) is 12.3. The van der Waals surface area contributed by atoms with Gasteiger partial charge >= 0.3 is 17.6 Å². The molecule has 9 nitrogen and oxygen atoms in total. The van der Waals surface area contributed by atoms with Gasteiger partial charge < -0.3 is 36.0 Å². The van der Waals surface area contributed by atoms with Gasteiger partial charge in [-0.05, 0) is 67.5 Å². The van der Waals surface area contributed by atoms with Crippen LogP contribution in [0.15, 0.2) is 18.7 Å². The van der Waals surface area contributed by atoms with Gasteiger partial charge in [-0.1, -0.05) is 6.92 Å². The van der Waals surface area contributed by atoms with Crippen molar-refractivity contribution in [2.24, 2.45) is 0 Å². The first kappa shape index (κ1) is 32.4. The summed E-state index contributed by atoms with van der Waals surface area (Å²) in [6.07, 6.45) is 7.68. The molecule has 0 spiro atoms. The predicted molar refractivity (Wildman–Crippen MR) is 143 cm³/mol. The molecule has 0 aliphatic heterocycles. The molecule has 0 aliphatic carbocycles. The van der Waals surface area contributed by atoms with Gasteiger partial charge in [0.2, 0.25) is 0 Å². The van der Waals surface area contributed by atoms with Crippen LogP contribution in [-0.4, -0.2) is 91.3 Å². The summed E-state index contributed by atoms with van der Waals surface area (Å²) in [6, 6.07) is 0.805. The Morgan fingerprint density at radius 3 is 1.74 bits per heavy atom. The van der Waals surface area contributed by atoms with E-state index in [0.29, 0.717) is 39.6 Å². The lowest BCUT2D eigenvalue weighted by Crippen LogP contribution is -2.53. The second-order valence-electron chi connectivity index (χ2n) is 8.34. The van der Waals surface area contributed by atoms with Crippen LogP contribution in [0.4, 0.5) is 0 Å². The van der Waals surface area contributed by atoms with Gasteiger partial charge in [0.05, 0.1) is 6.33 Å². The van der Waals surface area contributed by atoms with E-state index in [4.69, 9.17) is 26.6 Å². The van der Waals surface area contributed by atoms with E-state index in [-0.39, 0.29) is 5.54 Å². The lowest BCUT2D eigenvalue weighted by Gasteiger charge is -2.36. The van der Waals surface area contributed by atoms with Crippen LogP contribution in [0.25, 0.3) is 0 Å². The molecule has 0 saturated carbocycles. The largest absolute Gasteiger partial charge is 0.505 e. The van der Waals surface area contributed by atoms with Crippen molar-refractivity contribution in [1.82, 2.24) is 14.5 Å². The molecule has 0 bridgehead atoms. The standard InChI is InChI=1S/C24H51N3O6Si2/c1-8-28-34(29-9-2,30-10-3)21-15-19-26(17-14-18-27-20-16-25-23-27)22-24(7)35(31-11-4,32-12-5)33-13-6/h16,20,23-24H,8-15,17-19,21-22H2,1-7H3. The van der Waals surface area contributed by atoms with Crippen LogP contribution >= 0.6 is 0 Å². The maximum Gasteiger partial charge on any atom is 0.505 e. The smallest absolute Gasteiger partial charge is 0.374 e. The highest BCUT2D eigenvalue weighted by molar-refractivity contribution is 6.62. The summed E-state index contributed by atoms with van der Waals surface area (Å²) in [7, 11) is -5.45. The Morgan fingerprint density at radius 2 is 1.29 bits per heavy atom. The number of hydrogen-bond acceptors (Lipinski definition) is 8. The van der Waals surface area contributed by atoms with Crippen LogP contribution in [-0.2, 0) is 33.1 Å². The molecule has 11 heteroatoms. The van der Waals surface area contributed by atoms with Gasteiger partial charge in [-0.2, -0.15) is 0 Å². The van der Waals surface area contributed by atoms with Crippen LogP contribution in [0.2, 0.25) is 11.6 Å². The predicted octanol–water partition coefficient (Wildman–Crippen LogP) is 4.45. The van der Waals surface area contributed by atoms with E-state index in [1.54, 1.807) is 0 Å². The Balaban J connectivity index is 2.91. The summed E-state index contributed by atoms with van der Waals surface area (Å²) in [5.74, 6) is 0. The van der Waals surface area contributed by atoms with Gasteiger partial charge in [0, 0.05) is 76.7 Å². The molecule has 1 heterocycles. The molecule has 0 fully saturated rings. The molecule has 0 aromatic carbocycles. The van der Waals surface area contributed by atoms with Crippen molar-refractivity contribution in [1.29, 1.82) is 0 Å². The highest BCUT2D eigenvalue weighted by Crippen LogP contribution is 2.27. The Bertz CT molecular complexity index is 592. The number of aryl methyl sites for hydroxylation is 1. The molecular weight excluding hydrogens is 482 g/mol. The maximum absolute atomic E-state index is 6.19. The number of hydrogen-bond donors (Lipinski definition) is 0. The molecule has 0 saturated heterocycles. The second kappa shape index (κ2) is 18.6. The molecule has 0 radical (unpaired) electrons. The molecule has 206 valence electrons. The lowest BCUT2D eigenvalue weighted by atomic mass is 10.3. The Kier molecular flexibility index (Phi) is 17.2. The highest BCUT2D eigenvalue weighted by atomic mass is 28.4. The van der Waals surface area contributed by atoms with Crippen LogP contribution in [0, 0.1) is 0 Å². The summed E-state index contributed by atoms with van der Waals surface area (Å²) in [5, 5.41) is 0. The van der Waals surface area contributed by atoms with Gasteiger partial charge in [0.1, 0.15) is 0 Å². The minimum atomic E-state index is -2.79. The van der Waals surface area contributed by atoms with Crippen molar-refractivity contribution in [3.8, 4) is 0 Å². The zero-order valence-corrected chi connectivity index (χ0v) is 25.3. The summed E-state index contributed by atoms with van der Waals surface area (Å²) in [5.41, 5.74) is 0.156. The van der Waals surface area contributed by atoms with Gasteiger partial charge in [-0.15, -0.1) is 0 Å². The molecule has 1 aromatic heterocycles. The summed E-state index contributed by atoms with van der Waals surface area (Å²) in [4.78, 5) is 6.66. The minimum Gasteiger partial charge on any atom is -0.374 e. The van der Waals surface area contributed by atoms with E-state index in [1.165, 1.54) is 0 Å². The summed E-state index contributed by atoms with van der Waals surface area (Å²) >= 11 is 0. The first-order chi connectivity index (χ1) is 16.9. The maximum atomic E-state index is 6.19. The van der Waals surface area contributed by atoms with Gasteiger partial charge in [-0.25, -0.2) is 4.98 Å². The van der Waals surface area contributed by atoms with E-state index < -0.39 is 17.6 Å². The van der Waals surface area contributed by atoms with Crippen LogP contribution in [0.5, 0.6) is 0 Å². The molecule has 0 aliphatic rings. The first-order valence-electron chi connectivity index (χ1n) is 13.5. The highest BCUT2D eigenvalue weighted by Gasteiger charge is 2.47. The second-order valence-corrected chi connectivity index (χ2v) is 14.1. The third-order valence-electron chi connectivity index (χ3n) is 5.67. The SMILES string of the molecule is CCO[Si](CCCN(CCCn1ccnc1)CC(C)[Si](OCC)(OCC)OCC)(OCC)OCC. The topological polar surface area (TPSA) is 76.4 Å².